The molecule has 36 heavy (non-hydrogen) atoms. The van der Waals surface area contributed by atoms with Crippen LogP contribution in [-0.4, -0.2) is 46.9 Å². The summed E-state index contributed by atoms with van der Waals surface area (Å²) in [6.45, 7) is 12.3. The summed E-state index contributed by atoms with van der Waals surface area (Å²) >= 11 is 1.28. The molecule has 4 rings (SSSR count). The molecule has 0 amide bonds. The third kappa shape index (κ3) is 6.62. The van der Waals surface area contributed by atoms with Gasteiger partial charge in [0.15, 0.2) is 0 Å². The normalized spacial score (nSPS) is 14.7. The fourth-order valence-electron chi connectivity index (χ4n) is 4.05. The molecule has 8 heteroatoms. The van der Waals surface area contributed by atoms with E-state index in [1.807, 2.05) is 30.3 Å². The molecule has 192 valence electrons. The van der Waals surface area contributed by atoms with E-state index in [1.165, 1.54) is 22.2 Å². The summed E-state index contributed by atoms with van der Waals surface area (Å²) in [6, 6.07) is 16.1. The lowest BCUT2D eigenvalue weighted by atomic mass is 9.99. The Morgan fingerprint density at radius 3 is 2.42 bits per heavy atom. The van der Waals surface area contributed by atoms with E-state index in [4.69, 9.17) is 10.5 Å². The van der Waals surface area contributed by atoms with E-state index in [0.29, 0.717) is 12.4 Å². The monoisotopic (exact) mass is 508 g/mol. The maximum Gasteiger partial charge on any atom is 0.316 e. The molecular formula is C28H38N5O2S+. The number of anilines is 2. The van der Waals surface area contributed by atoms with Crippen molar-refractivity contribution in [3.8, 4) is 11.4 Å². The van der Waals surface area contributed by atoms with Crippen molar-refractivity contribution in [2.45, 2.75) is 39.9 Å². The van der Waals surface area contributed by atoms with Crippen LogP contribution in [0.4, 0.5) is 11.4 Å². The van der Waals surface area contributed by atoms with Crippen molar-refractivity contribution in [1.29, 1.82) is 0 Å². The molecule has 1 aromatic heterocycles. The second kappa shape index (κ2) is 11.4. The summed E-state index contributed by atoms with van der Waals surface area (Å²) in [5.41, 5.74) is 10.3. The molecule has 0 saturated carbocycles. The van der Waals surface area contributed by atoms with Gasteiger partial charge in [-0.05, 0) is 41.7 Å². The van der Waals surface area contributed by atoms with Gasteiger partial charge in [0.25, 0.3) is 0 Å². The maximum absolute atomic E-state index is 13.6. The number of aromatic nitrogens is 2. The average Bonchev–Trinajstić information content (AvgIpc) is 2.87. The Kier molecular flexibility index (Phi) is 8.26. The van der Waals surface area contributed by atoms with Gasteiger partial charge in [0.05, 0.1) is 43.5 Å². The third-order valence-corrected chi connectivity index (χ3v) is 7.46. The van der Waals surface area contributed by atoms with Gasteiger partial charge in [-0.2, -0.15) is 9.78 Å². The molecule has 2 aromatic carbocycles. The predicted molar refractivity (Wildman–Crippen MR) is 151 cm³/mol. The fraction of sp³-hybridized carbons (Fsp3) is 0.429. The van der Waals surface area contributed by atoms with Crippen LogP contribution in [0.1, 0.15) is 38.8 Å². The highest BCUT2D eigenvalue weighted by molar-refractivity contribution is 7.75. The van der Waals surface area contributed by atoms with Crippen LogP contribution in [0.15, 0.2) is 59.5 Å². The van der Waals surface area contributed by atoms with Crippen LogP contribution in [0.2, 0.25) is 0 Å². The van der Waals surface area contributed by atoms with E-state index < -0.39 is 0 Å². The van der Waals surface area contributed by atoms with Crippen molar-refractivity contribution < 1.29 is 4.74 Å². The van der Waals surface area contributed by atoms with Crippen LogP contribution in [0.25, 0.3) is 5.69 Å². The molecule has 0 radical (unpaired) electrons. The SMILES string of the molecule is CCc1cccc(-n2ncc(N3CCN([SH+]Cc4ccc(N)cc4)CC3)c(OCC(C)(C)C)c2=O)c1. The lowest BCUT2D eigenvalue weighted by molar-refractivity contribution is 0.195. The van der Waals surface area contributed by atoms with E-state index in [-0.39, 0.29) is 11.0 Å². The van der Waals surface area contributed by atoms with Crippen LogP contribution >= 0.6 is 0 Å². The zero-order valence-electron chi connectivity index (χ0n) is 21.8. The van der Waals surface area contributed by atoms with E-state index in [0.717, 1.165) is 61.0 Å². The summed E-state index contributed by atoms with van der Waals surface area (Å²) in [7, 11) is 0. The molecule has 3 aromatic rings. The number of benzene rings is 2. The van der Waals surface area contributed by atoms with E-state index >= 15 is 0 Å². The number of piperazine rings is 1. The zero-order valence-corrected chi connectivity index (χ0v) is 22.7. The minimum absolute atomic E-state index is 0.0698. The highest BCUT2D eigenvalue weighted by Gasteiger charge is 2.27. The first-order chi connectivity index (χ1) is 17.2. The molecule has 0 unspecified atom stereocenters. The van der Waals surface area contributed by atoms with Crippen molar-refractivity contribution in [3.63, 3.8) is 0 Å². The van der Waals surface area contributed by atoms with E-state index in [9.17, 15) is 4.79 Å². The number of ether oxygens (including phenoxy) is 1. The lowest BCUT2D eigenvalue weighted by Gasteiger charge is -2.33. The standard InChI is InChI=1S/C28H37N5O2S/c1-5-21-7-6-8-24(17-21)33-27(34)26(35-20-28(2,3)4)25(18-30-33)31-13-15-32(16-14-31)36-19-22-9-11-23(29)12-10-22/h6-12,17-18H,5,13-16,19-20,29H2,1-4H3/p+1. The second-order valence-corrected chi connectivity index (χ2v) is 11.6. The summed E-state index contributed by atoms with van der Waals surface area (Å²) in [5.74, 6) is 1.35. The smallest absolute Gasteiger partial charge is 0.316 e. The van der Waals surface area contributed by atoms with Gasteiger partial charge in [-0.1, -0.05) is 52.0 Å². The topological polar surface area (TPSA) is 76.6 Å². The first-order valence-electron chi connectivity index (χ1n) is 12.6. The average molecular weight is 509 g/mol. The number of nitrogens with two attached hydrogens (primary N) is 1. The number of aryl methyl sites for hydroxylation is 1. The second-order valence-electron chi connectivity index (χ2n) is 10.4. The van der Waals surface area contributed by atoms with Gasteiger partial charge in [0.2, 0.25) is 5.75 Å². The van der Waals surface area contributed by atoms with Gasteiger partial charge >= 0.3 is 5.56 Å². The largest absolute Gasteiger partial charge is 0.486 e. The van der Waals surface area contributed by atoms with Gasteiger partial charge in [-0.3, -0.25) is 4.79 Å². The van der Waals surface area contributed by atoms with Gasteiger partial charge in [-0.15, -0.1) is 4.31 Å². The molecule has 7 nitrogen and oxygen atoms in total. The minimum atomic E-state index is -0.214. The van der Waals surface area contributed by atoms with Crippen LogP contribution < -0.4 is 20.9 Å². The van der Waals surface area contributed by atoms with Crippen LogP contribution in [-0.2, 0) is 24.1 Å². The minimum Gasteiger partial charge on any atom is -0.486 e. The molecule has 1 aliphatic rings. The highest BCUT2D eigenvalue weighted by atomic mass is 32.2. The van der Waals surface area contributed by atoms with E-state index in [1.54, 1.807) is 6.20 Å². The Hall–Kier alpha value is -2.97. The van der Waals surface area contributed by atoms with Gasteiger partial charge in [0.1, 0.15) is 11.4 Å². The number of thiol groups is 1. The molecule has 0 spiro atoms. The Balaban J connectivity index is 1.51. The van der Waals surface area contributed by atoms with Gasteiger partial charge < -0.3 is 15.4 Å². The molecule has 0 bridgehead atoms. The molecule has 0 atom stereocenters. The third-order valence-electron chi connectivity index (χ3n) is 6.16. The molecule has 1 aliphatic heterocycles. The Bertz CT molecular complexity index is 1210. The molecule has 1 saturated heterocycles. The summed E-state index contributed by atoms with van der Waals surface area (Å²) in [5, 5.41) is 4.56. The fourth-order valence-corrected chi connectivity index (χ4v) is 5.09. The molecule has 2 heterocycles. The summed E-state index contributed by atoms with van der Waals surface area (Å²) in [6.07, 6.45) is 2.69. The quantitative estimate of drug-likeness (QED) is 0.283. The number of nitrogen functional groups attached to an aromatic ring is 1. The van der Waals surface area contributed by atoms with Crippen molar-refractivity contribution in [2.75, 3.05) is 43.4 Å². The van der Waals surface area contributed by atoms with Crippen molar-refractivity contribution >= 4 is 23.3 Å². The highest BCUT2D eigenvalue weighted by Crippen LogP contribution is 2.27. The van der Waals surface area contributed by atoms with Crippen LogP contribution in [0.3, 0.4) is 0 Å². The number of nitrogens with zero attached hydrogens (tertiary/aromatic N) is 4. The first kappa shape index (κ1) is 26.1. The van der Waals surface area contributed by atoms with Gasteiger partial charge in [-0.25, -0.2) is 0 Å². The van der Waals surface area contributed by atoms with Gasteiger partial charge in [0, 0.05) is 24.3 Å². The first-order valence-corrected chi connectivity index (χ1v) is 13.6. The predicted octanol–water partition coefficient (Wildman–Crippen LogP) is 3.85. The van der Waals surface area contributed by atoms with Crippen molar-refractivity contribution in [3.05, 3.63) is 76.2 Å². The van der Waals surface area contributed by atoms with E-state index in [2.05, 4.69) is 60.2 Å². The summed E-state index contributed by atoms with van der Waals surface area (Å²) < 4.78 is 10.1. The molecular weight excluding hydrogens is 470 g/mol. The van der Waals surface area contributed by atoms with Crippen LogP contribution in [0.5, 0.6) is 5.75 Å². The zero-order chi connectivity index (χ0) is 25.7. The Morgan fingerprint density at radius 2 is 1.75 bits per heavy atom. The van der Waals surface area contributed by atoms with Crippen LogP contribution in [0, 0.1) is 5.41 Å². The number of hydrogen-bond acceptors (Lipinski definition) is 6. The Morgan fingerprint density at radius 1 is 1.03 bits per heavy atom. The summed E-state index contributed by atoms with van der Waals surface area (Å²) in [4.78, 5) is 15.9. The lowest BCUT2D eigenvalue weighted by Crippen LogP contribution is -2.46. The molecule has 2 N–H and O–H groups in total. The number of hydrogen-bond donors (Lipinski definition) is 1. The number of rotatable bonds is 8. The Labute approximate surface area is 218 Å². The molecule has 0 aliphatic carbocycles. The molecule has 1 fully saturated rings. The van der Waals surface area contributed by atoms with Crippen molar-refractivity contribution in [2.24, 2.45) is 5.41 Å². The van der Waals surface area contributed by atoms with Crippen molar-refractivity contribution in [1.82, 2.24) is 14.1 Å². The maximum atomic E-state index is 13.6.